The summed E-state index contributed by atoms with van der Waals surface area (Å²) >= 11 is 1.17. The van der Waals surface area contributed by atoms with Crippen molar-refractivity contribution in [2.75, 3.05) is 24.7 Å². The summed E-state index contributed by atoms with van der Waals surface area (Å²) in [5.41, 5.74) is 2.38. The van der Waals surface area contributed by atoms with Gasteiger partial charge in [-0.05, 0) is 49.8 Å². The Labute approximate surface area is 204 Å². The third-order valence-electron chi connectivity index (χ3n) is 5.26. The molecule has 3 aromatic carbocycles. The molecule has 0 heterocycles. The largest absolute Gasteiger partial charge is 0.748 e. The molecule has 9 heteroatoms. The molecule has 34 heavy (non-hydrogen) atoms. The van der Waals surface area contributed by atoms with Crippen molar-refractivity contribution in [1.82, 2.24) is 5.32 Å². The van der Waals surface area contributed by atoms with Crippen molar-refractivity contribution in [1.29, 1.82) is 0 Å². The van der Waals surface area contributed by atoms with E-state index in [1.54, 1.807) is 30.3 Å². The van der Waals surface area contributed by atoms with Gasteiger partial charge in [0.1, 0.15) is 11.5 Å². The number of thioether (sulfide) groups is 1. The van der Waals surface area contributed by atoms with E-state index in [9.17, 15) is 22.9 Å². The fourth-order valence-corrected chi connectivity index (χ4v) is 5.44. The number of amides is 1. The Morgan fingerprint density at radius 1 is 1.09 bits per heavy atom. The van der Waals surface area contributed by atoms with E-state index in [0.29, 0.717) is 35.2 Å². The number of carbonyl (C=O) groups is 1. The highest BCUT2D eigenvalue weighted by Gasteiger charge is 2.17. The molecule has 0 saturated heterocycles. The van der Waals surface area contributed by atoms with E-state index < -0.39 is 21.8 Å². The Morgan fingerprint density at radius 3 is 2.53 bits per heavy atom. The average Bonchev–Trinajstić information content (AvgIpc) is 2.78. The van der Waals surface area contributed by atoms with Crippen molar-refractivity contribution in [3.63, 3.8) is 0 Å². The van der Waals surface area contributed by atoms with E-state index in [4.69, 9.17) is 4.74 Å². The van der Waals surface area contributed by atoms with Gasteiger partial charge in [0.25, 0.3) is 5.91 Å². The predicted octanol–water partition coefficient (Wildman–Crippen LogP) is 4.39. The molecule has 3 rings (SSSR count). The molecule has 0 aliphatic heterocycles. The van der Waals surface area contributed by atoms with Gasteiger partial charge in [0.2, 0.25) is 0 Å². The van der Waals surface area contributed by atoms with Crippen LogP contribution < -0.4 is 10.1 Å². The number of fused-ring (bicyclic) bond motifs is 1. The monoisotopic (exact) mass is 502 g/mol. The molecule has 2 N–H and O–H groups in total. The van der Waals surface area contributed by atoms with Crippen LogP contribution >= 0.6 is 11.8 Å². The number of benzene rings is 3. The lowest BCUT2D eigenvalue weighted by Gasteiger charge is -2.14. The minimum atomic E-state index is -4.33. The zero-order chi connectivity index (χ0) is 24.7. The molecule has 0 bridgehead atoms. The van der Waals surface area contributed by atoms with Gasteiger partial charge in [0.15, 0.2) is 0 Å². The summed E-state index contributed by atoms with van der Waals surface area (Å²) in [6.07, 6.45) is 1.45. The van der Waals surface area contributed by atoms with Gasteiger partial charge in [0, 0.05) is 28.3 Å². The summed E-state index contributed by atoms with van der Waals surface area (Å²) in [5, 5.41) is 14.7. The van der Waals surface area contributed by atoms with Crippen LogP contribution in [0, 0.1) is 13.8 Å². The van der Waals surface area contributed by atoms with Gasteiger partial charge in [-0.3, -0.25) is 4.79 Å². The van der Waals surface area contributed by atoms with Gasteiger partial charge in [-0.2, -0.15) is 0 Å². The summed E-state index contributed by atoms with van der Waals surface area (Å²) < 4.78 is 38.6. The highest BCUT2D eigenvalue weighted by molar-refractivity contribution is 8.00. The number of aromatic hydroxyl groups is 1. The Morgan fingerprint density at radius 2 is 1.82 bits per heavy atom. The minimum absolute atomic E-state index is 0.0577. The van der Waals surface area contributed by atoms with Gasteiger partial charge in [0.05, 0.1) is 22.3 Å². The number of unbranched alkanes of at least 4 members (excludes halogenated alkanes) is 1. The van der Waals surface area contributed by atoms with Crippen LogP contribution in [0.25, 0.3) is 10.8 Å². The fourth-order valence-electron chi connectivity index (χ4n) is 3.54. The fraction of sp³-hybridized carbons (Fsp3) is 0.320. The van der Waals surface area contributed by atoms with E-state index in [1.807, 2.05) is 26.0 Å². The second kappa shape index (κ2) is 11.6. The number of phenols is 1. The highest BCUT2D eigenvalue weighted by Crippen LogP contribution is 2.36. The van der Waals surface area contributed by atoms with Crippen LogP contribution in [0.15, 0.2) is 53.4 Å². The molecule has 0 unspecified atom stereocenters. The summed E-state index contributed by atoms with van der Waals surface area (Å²) in [5.74, 6) is -0.157. The second-order valence-corrected chi connectivity index (χ2v) is 10.7. The van der Waals surface area contributed by atoms with E-state index in [1.165, 1.54) is 17.3 Å². The minimum Gasteiger partial charge on any atom is -0.748 e. The summed E-state index contributed by atoms with van der Waals surface area (Å²) in [7, 11) is -4.33. The number of ether oxygens (including phenoxy) is 1. The van der Waals surface area contributed by atoms with E-state index in [-0.39, 0.29) is 17.1 Å². The smallest absolute Gasteiger partial charge is 0.255 e. The molecule has 0 aromatic heterocycles. The summed E-state index contributed by atoms with van der Waals surface area (Å²) in [6.45, 7) is 4.98. The van der Waals surface area contributed by atoms with Crippen LogP contribution in [0.3, 0.4) is 0 Å². The van der Waals surface area contributed by atoms with Crippen LogP contribution in [0.4, 0.5) is 0 Å². The van der Waals surface area contributed by atoms with Crippen LogP contribution in [-0.2, 0) is 10.1 Å². The molecule has 3 aromatic rings. The average molecular weight is 503 g/mol. The molecular weight excluding hydrogens is 474 g/mol. The number of rotatable bonds is 11. The first kappa shape index (κ1) is 25.9. The first-order chi connectivity index (χ1) is 16.2. The standard InChI is InChI=1S/C25H29NO6S2/c1-17-9-10-22(18(2)15-17)32-12-6-5-11-26-25(28)21-16-23(33-13-14-34(29,30)31)19-7-3-4-8-20(19)24(21)27/h3-4,7-10,15-16,27H,5-6,11-14H2,1-2H3,(H,26,28)(H,29,30,31)/p-1. The number of carbonyl (C=O) groups excluding carboxylic acids is 1. The molecule has 0 atom stereocenters. The third-order valence-corrected chi connectivity index (χ3v) is 7.28. The second-order valence-electron chi connectivity index (χ2n) is 8.01. The molecule has 0 aliphatic rings. The topological polar surface area (TPSA) is 116 Å². The number of hydrogen-bond donors (Lipinski definition) is 2. The molecular formula is C25H28NO6S2-. The quantitative estimate of drug-likeness (QED) is 0.227. The van der Waals surface area contributed by atoms with Crippen LogP contribution in [0.5, 0.6) is 11.5 Å². The van der Waals surface area contributed by atoms with Crippen LogP contribution in [-0.4, -0.2) is 48.6 Å². The van der Waals surface area contributed by atoms with Crippen molar-refractivity contribution in [2.45, 2.75) is 31.6 Å². The third kappa shape index (κ3) is 7.12. The lowest BCUT2D eigenvalue weighted by atomic mass is 10.0. The van der Waals surface area contributed by atoms with Crippen LogP contribution in [0.1, 0.15) is 34.3 Å². The lowest BCUT2D eigenvalue weighted by molar-refractivity contribution is 0.0949. The molecule has 7 nitrogen and oxygen atoms in total. The van der Waals surface area contributed by atoms with Crippen molar-refractivity contribution >= 4 is 38.6 Å². The molecule has 0 fully saturated rings. The molecule has 0 spiro atoms. The SMILES string of the molecule is Cc1ccc(OCCCCNC(=O)c2cc(SCCS(=O)(=O)[O-])c3ccccc3c2O)c(C)c1. The molecule has 0 aliphatic carbocycles. The zero-order valence-electron chi connectivity index (χ0n) is 19.2. The molecule has 0 radical (unpaired) electrons. The van der Waals surface area contributed by atoms with Crippen molar-refractivity contribution in [2.24, 2.45) is 0 Å². The van der Waals surface area contributed by atoms with Gasteiger partial charge in [-0.15, -0.1) is 11.8 Å². The van der Waals surface area contributed by atoms with Crippen molar-refractivity contribution < 1.29 is 27.6 Å². The lowest BCUT2D eigenvalue weighted by Crippen LogP contribution is -2.25. The first-order valence-corrected chi connectivity index (χ1v) is 13.5. The van der Waals surface area contributed by atoms with Crippen molar-refractivity contribution in [3.8, 4) is 11.5 Å². The highest BCUT2D eigenvalue weighted by atomic mass is 32.2. The zero-order valence-corrected chi connectivity index (χ0v) is 20.8. The van der Waals surface area contributed by atoms with Crippen LogP contribution in [0.2, 0.25) is 0 Å². The molecule has 1 amide bonds. The maximum absolute atomic E-state index is 12.8. The summed E-state index contributed by atoms with van der Waals surface area (Å²) in [6, 6.07) is 14.6. The number of nitrogens with one attached hydrogen (secondary N) is 1. The van der Waals surface area contributed by atoms with E-state index >= 15 is 0 Å². The predicted molar refractivity (Wildman–Crippen MR) is 134 cm³/mol. The van der Waals surface area contributed by atoms with Gasteiger partial charge in [-0.25, -0.2) is 8.42 Å². The van der Waals surface area contributed by atoms with E-state index in [2.05, 4.69) is 11.4 Å². The Kier molecular flexibility index (Phi) is 8.82. The number of hydrogen-bond acceptors (Lipinski definition) is 7. The Bertz CT molecular complexity index is 1270. The number of phenolic OH excluding ortho intramolecular Hbond substituents is 1. The first-order valence-electron chi connectivity index (χ1n) is 10.9. The van der Waals surface area contributed by atoms with Gasteiger partial charge >= 0.3 is 0 Å². The van der Waals surface area contributed by atoms with Gasteiger partial charge < -0.3 is 19.7 Å². The molecule has 0 saturated carbocycles. The van der Waals surface area contributed by atoms with Crippen molar-refractivity contribution in [3.05, 3.63) is 65.2 Å². The Hall–Kier alpha value is -2.75. The maximum atomic E-state index is 12.8. The van der Waals surface area contributed by atoms with E-state index in [0.717, 1.165) is 17.7 Å². The maximum Gasteiger partial charge on any atom is 0.255 e. The summed E-state index contributed by atoms with van der Waals surface area (Å²) in [4.78, 5) is 13.4. The Balaban J connectivity index is 1.59. The van der Waals surface area contributed by atoms with Gasteiger partial charge in [-0.1, -0.05) is 42.0 Å². The normalized spacial score (nSPS) is 11.5. The number of aryl methyl sites for hydroxylation is 2. The molecule has 182 valence electrons.